The van der Waals surface area contributed by atoms with Crippen LogP contribution in [0.25, 0.3) is 0 Å². The molecule has 0 saturated heterocycles. The lowest BCUT2D eigenvalue weighted by Crippen LogP contribution is -2.29. The summed E-state index contributed by atoms with van der Waals surface area (Å²) in [6.45, 7) is 12.7. The van der Waals surface area contributed by atoms with Crippen molar-refractivity contribution in [3.8, 4) is 5.75 Å². The number of esters is 2. The quantitative estimate of drug-likeness (QED) is 0.790. The molecule has 0 amide bonds. The fourth-order valence-electron chi connectivity index (χ4n) is 1.72. The van der Waals surface area contributed by atoms with Gasteiger partial charge in [0.1, 0.15) is 6.61 Å². The molecule has 0 atom stereocenters. The molecule has 0 aromatic carbocycles. The Hall–Kier alpha value is -2.11. The van der Waals surface area contributed by atoms with Gasteiger partial charge in [-0.1, -0.05) is 0 Å². The number of rotatable bonds is 4. The Kier molecular flexibility index (Phi) is 5.98. The van der Waals surface area contributed by atoms with Gasteiger partial charge >= 0.3 is 11.9 Å². The first-order valence-electron chi connectivity index (χ1n) is 7.93. The van der Waals surface area contributed by atoms with Crippen molar-refractivity contribution in [2.75, 3.05) is 6.61 Å². The third-order valence-corrected chi connectivity index (χ3v) is 3.37. The first kappa shape index (κ1) is 19.9. The normalized spacial score (nSPS) is 12.0. The van der Waals surface area contributed by atoms with Crippen LogP contribution in [0, 0.1) is 17.8 Å². The molecule has 1 heterocycles. The highest BCUT2D eigenvalue weighted by Crippen LogP contribution is 2.20. The fraction of sp³-hybridized carbons (Fsp3) is 0.611. The number of carbonyl (C=O) groups is 2. The molecule has 6 nitrogen and oxygen atoms in total. The van der Waals surface area contributed by atoms with Crippen LogP contribution in [-0.4, -0.2) is 23.1 Å². The molecule has 24 heavy (non-hydrogen) atoms. The van der Waals surface area contributed by atoms with Crippen molar-refractivity contribution in [2.45, 2.75) is 55.0 Å². The van der Waals surface area contributed by atoms with Crippen LogP contribution in [0.5, 0.6) is 5.75 Å². The Morgan fingerprint density at radius 3 is 2.08 bits per heavy atom. The predicted octanol–water partition coefficient (Wildman–Crippen LogP) is 2.70. The molecule has 1 aromatic rings. The molecular weight excluding hydrogens is 310 g/mol. The largest absolute Gasteiger partial charge is 0.463 e. The Morgan fingerprint density at radius 1 is 1.04 bits per heavy atom. The van der Waals surface area contributed by atoms with E-state index in [9.17, 15) is 14.4 Å². The van der Waals surface area contributed by atoms with E-state index in [0.717, 1.165) is 0 Å². The highest BCUT2D eigenvalue weighted by molar-refractivity contribution is 5.78. The maximum Gasteiger partial charge on any atom is 0.316 e. The molecule has 134 valence electrons. The fourth-order valence-corrected chi connectivity index (χ4v) is 1.72. The van der Waals surface area contributed by atoms with Gasteiger partial charge in [-0.05, 0) is 48.5 Å². The van der Waals surface area contributed by atoms with Crippen LogP contribution in [0.4, 0.5) is 0 Å². The van der Waals surface area contributed by atoms with Crippen LogP contribution in [0.2, 0.25) is 0 Å². The van der Waals surface area contributed by atoms with Gasteiger partial charge in [0.15, 0.2) is 5.75 Å². The van der Waals surface area contributed by atoms with Gasteiger partial charge in [-0.2, -0.15) is 0 Å². The average Bonchev–Trinajstić information content (AvgIpc) is 2.43. The van der Waals surface area contributed by atoms with Crippen molar-refractivity contribution < 1.29 is 19.1 Å². The van der Waals surface area contributed by atoms with Gasteiger partial charge < -0.3 is 14.0 Å². The van der Waals surface area contributed by atoms with Crippen LogP contribution >= 0.6 is 0 Å². The number of ether oxygens (including phenoxy) is 2. The van der Waals surface area contributed by atoms with Gasteiger partial charge in [0.25, 0.3) is 0 Å². The first-order valence-corrected chi connectivity index (χ1v) is 7.93. The minimum Gasteiger partial charge on any atom is -0.463 e. The second-order valence-corrected chi connectivity index (χ2v) is 7.81. The zero-order chi connectivity index (χ0) is 18.7. The second kappa shape index (κ2) is 7.20. The summed E-state index contributed by atoms with van der Waals surface area (Å²) in [4.78, 5) is 35.8. The third-order valence-electron chi connectivity index (χ3n) is 3.37. The van der Waals surface area contributed by atoms with E-state index in [0.29, 0.717) is 12.2 Å². The molecule has 1 aromatic heterocycles. The maximum absolute atomic E-state index is 12.0. The van der Waals surface area contributed by atoms with Crippen LogP contribution in [0.1, 0.15) is 47.2 Å². The number of pyridine rings is 1. The molecule has 0 radical (unpaired) electrons. The number of carbonyl (C=O) groups excluding carboxylic acids is 2. The number of aromatic nitrogens is 1. The lowest BCUT2D eigenvalue weighted by atomic mass is 9.97. The Labute approximate surface area is 142 Å². The highest BCUT2D eigenvalue weighted by Gasteiger charge is 2.26. The molecular formula is C18H27NO5. The number of nitrogens with zero attached hydrogens (tertiary/aromatic N) is 1. The minimum atomic E-state index is -0.707. The van der Waals surface area contributed by atoms with E-state index >= 15 is 0 Å². The highest BCUT2D eigenvalue weighted by atomic mass is 16.5. The van der Waals surface area contributed by atoms with Crippen molar-refractivity contribution in [3.63, 3.8) is 0 Å². The summed E-state index contributed by atoms with van der Waals surface area (Å²) in [6, 6.07) is 1.34. The molecule has 0 aliphatic heterocycles. The van der Waals surface area contributed by atoms with Gasteiger partial charge in [-0.15, -0.1) is 0 Å². The van der Waals surface area contributed by atoms with E-state index in [2.05, 4.69) is 0 Å². The summed E-state index contributed by atoms with van der Waals surface area (Å²) in [5.41, 5.74) is -1.10. The van der Waals surface area contributed by atoms with E-state index < -0.39 is 16.8 Å². The number of hydrogen-bond acceptors (Lipinski definition) is 5. The summed E-state index contributed by atoms with van der Waals surface area (Å²) in [5, 5.41) is 0. The molecule has 0 N–H and O–H groups in total. The summed E-state index contributed by atoms with van der Waals surface area (Å²) in [5.74, 6) is -0.750. The van der Waals surface area contributed by atoms with Crippen molar-refractivity contribution in [1.29, 1.82) is 0 Å². The lowest BCUT2D eigenvalue weighted by molar-refractivity contribution is -0.153. The zero-order valence-corrected chi connectivity index (χ0v) is 15.6. The standard InChI is InChI=1S/C18H27NO5/c1-12-14(24-16(22)18(5,6)7)13(20)8-9-19(12)10-11-23-15(21)17(2,3)4/h8-9H,10-11H2,1-7H3. The van der Waals surface area contributed by atoms with E-state index in [1.54, 1.807) is 59.2 Å². The summed E-state index contributed by atoms with van der Waals surface area (Å²) in [7, 11) is 0. The van der Waals surface area contributed by atoms with Crippen molar-refractivity contribution in [3.05, 3.63) is 28.2 Å². The number of hydrogen-bond donors (Lipinski definition) is 0. The van der Waals surface area contributed by atoms with Crippen LogP contribution in [-0.2, 0) is 20.9 Å². The summed E-state index contributed by atoms with van der Waals surface area (Å²) < 4.78 is 12.2. The van der Waals surface area contributed by atoms with Crippen LogP contribution in [0.15, 0.2) is 17.1 Å². The SMILES string of the molecule is Cc1c(OC(=O)C(C)(C)C)c(=O)ccn1CCOC(=O)C(C)(C)C. The molecule has 0 bridgehead atoms. The van der Waals surface area contributed by atoms with Gasteiger partial charge in [0.05, 0.1) is 23.1 Å². The topological polar surface area (TPSA) is 74.6 Å². The molecule has 1 rings (SSSR count). The van der Waals surface area contributed by atoms with Crippen molar-refractivity contribution in [2.24, 2.45) is 10.8 Å². The smallest absolute Gasteiger partial charge is 0.316 e. The van der Waals surface area contributed by atoms with E-state index in [1.165, 1.54) is 6.07 Å². The van der Waals surface area contributed by atoms with Crippen molar-refractivity contribution in [1.82, 2.24) is 4.57 Å². The molecule has 0 saturated carbocycles. The Morgan fingerprint density at radius 2 is 1.58 bits per heavy atom. The van der Waals surface area contributed by atoms with Gasteiger partial charge in [-0.3, -0.25) is 14.4 Å². The minimum absolute atomic E-state index is 0.0135. The summed E-state index contributed by atoms with van der Waals surface area (Å²) >= 11 is 0. The summed E-state index contributed by atoms with van der Waals surface area (Å²) in [6.07, 6.45) is 1.59. The Bertz CT molecular complexity index is 674. The molecule has 0 fully saturated rings. The predicted molar refractivity (Wildman–Crippen MR) is 90.9 cm³/mol. The van der Waals surface area contributed by atoms with E-state index in [-0.39, 0.29) is 23.8 Å². The molecule has 0 spiro atoms. The van der Waals surface area contributed by atoms with Crippen molar-refractivity contribution >= 4 is 11.9 Å². The average molecular weight is 337 g/mol. The van der Waals surface area contributed by atoms with Gasteiger partial charge in [0, 0.05) is 12.3 Å². The molecule has 0 aliphatic rings. The van der Waals surface area contributed by atoms with Gasteiger partial charge in [0.2, 0.25) is 5.43 Å². The van der Waals surface area contributed by atoms with Crippen LogP contribution in [0.3, 0.4) is 0 Å². The van der Waals surface area contributed by atoms with Crippen LogP contribution < -0.4 is 10.2 Å². The molecule has 0 aliphatic carbocycles. The first-order chi connectivity index (χ1) is 10.8. The molecule has 6 heteroatoms. The Balaban J connectivity index is 2.88. The lowest BCUT2D eigenvalue weighted by Gasteiger charge is -2.20. The van der Waals surface area contributed by atoms with E-state index in [4.69, 9.17) is 9.47 Å². The third kappa shape index (κ3) is 5.22. The maximum atomic E-state index is 12.0. The monoisotopic (exact) mass is 337 g/mol. The second-order valence-electron chi connectivity index (χ2n) is 7.81. The van der Waals surface area contributed by atoms with Gasteiger partial charge in [-0.25, -0.2) is 0 Å². The van der Waals surface area contributed by atoms with E-state index in [1.807, 2.05) is 0 Å². The zero-order valence-electron chi connectivity index (χ0n) is 15.6. The molecule has 0 unspecified atom stereocenters.